The van der Waals surface area contributed by atoms with Gasteiger partial charge in [0, 0.05) is 18.2 Å². The van der Waals surface area contributed by atoms with E-state index in [0.717, 1.165) is 12.1 Å². The molecule has 0 aliphatic carbocycles. The average molecular weight is 575 g/mol. The molecule has 2 N–H and O–H groups in total. The smallest absolute Gasteiger partial charge is 0.416 e. The van der Waals surface area contributed by atoms with Crippen LogP contribution in [0.15, 0.2) is 73.4 Å². The number of hydrogen-bond acceptors (Lipinski definition) is 6. The molecular formula is C30H30F4N2O5. The van der Waals surface area contributed by atoms with Gasteiger partial charge in [-0.3, -0.25) is 4.79 Å². The molecular weight excluding hydrogens is 544 g/mol. The van der Waals surface area contributed by atoms with E-state index in [1.165, 1.54) is 56.6 Å². The Labute approximate surface area is 234 Å². The first-order valence-corrected chi connectivity index (χ1v) is 12.6. The van der Waals surface area contributed by atoms with Crippen LogP contribution >= 0.6 is 0 Å². The molecule has 41 heavy (non-hydrogen) atoms. The summed E-state index contributed by atoms with van der Waals surface area (Å²) < 4.78 is 64.1. The van der Waals surface area contributed by atoms with Crippen molar-refractivity contribution in [1.29, 1.82) is 0 Å². The van der Waals surface area contributed by atoms with E-state index in [1.54, 1.807) is 19.1 Å². The normalized spacial score (nSPS) is 14.3. The number of ether oxygens (including phenoxy) is 2. The van der Waals surface area contributed by atoms with Crippen LogP contribution in [-0.2, 0) is 15.7 Å². The van der Waals surface area contributed by atoms with Crippen LogP contribution in [0.4, 0.5) is 17.6 Å². The van der Waals surface area contributed by atoms with Crippen LogP contribution in [0, 0.1) is 11.7 Å². The van der Waals surface area contributed by atoms with Crippen molar-refractivity contribution in [2.45, 2.75) is 44.5 Å². The van der Waals surface area contributed by atoms with Gasteiger partial charge in [0.05, 0.1) is 18.8 Å². The first-order chi connectivity index (χ1) is 19.3. The van der Waals surface area contributed by atoms with Gasteiger partial charge in [0.2, 0.25) is 0 Å². The van der Waals surface area contributed by atoms with E-state index in [0.29, 0.717) is 11.1 Å². The molecule has 4 atom stereocenters. The highest BCUT2D eigenvalue weighted by Gasteiger charge is 2.32. The fourth-order valence-electron chi connectivity index (χ4n) is 4.46. The predicted octanol–water partition coefficient (Wildman–Crippen LogP) is 6.03. The van der Waals surface area contributed by atoms with Gasteiger partial charge in [-0.1, -0.05) is 30.3 Å². The molecule has 0 fully saturated rings. The molecule has 0 saturated carbocycles. The van der Waals surface area contributed by atoms with E-state index in [9.17, 15) is 32.3 Å². The SMILES string of the molecule is C=C[C@@H](C[C@H](C)OC(=O)[C@H](C)NC(=O)c1nccc(OC)c1O)C(c1ccc(C(F)(F)F)cc1)c1cccc(F)c1. The molecule has 0 bridgehead atoms. The summed E-state index contributed by atoms with van der Waals surface area (Å²) in [4.78, 5) is 29.1. The maximum atomic E-state index is 14.1. The number of aromatic nitrogens is 1. The van der Waals surface area contributed by atoms with Crippen LogP contribution in [0.3, 0.4) is 0 Å². The number of methoxy groups -OCH3 is 1. The number of allylic oxidation sites excluding steroid dienone is 1. The van der Waals surface area contributed by atoms with E-state index in [1.807, 2.05) is 0 Å². The molecule has 1 unspecified atom stereocenters. The predicted molar refractivity (Wildman–Crippen MR) is 143 cm³/mol. The standard InChI is InChI=1S/C30H30F4N2O5/c1-5-19(25(21-7-6-8-23(31)16-21)20-9-11-22(12-10-20)30(32,33)34)15-17(2)41-29(39)18(3)36-28(38)26-27(37)24(40-4)13-14-35-26/h5-14,16-19,25,37H,1,15H2,2-4H3,(H,36,38)/t17-,18-,19-,25?/m0/s1. The third-order valence-electron chi connectivity index (χ3n) is 6.48. The topological polar surface area (TPSA) is 97.8 Å². The summed E-state index contributed by atoms with van der Waals surface area (Å²) in [6.07, 6.45) is -2.20. The van der Waals surface area contributed by atoms with Crippen LogP contribution in [0.25, 0.3) is 0 Å². The second-order valence-corrected chi connectivity index (χ2v) is 9.44. The number of rotatable bonds is 11. The molecule has 0 saturated heterocycles. The van der Waals surface area contributed by atoms with Gasteiger partial charge in [-0.15, -0.1) is 6.58 Å². The van der Waals surface area contributed by atoms with Gasteiger partial charge in [-0.2, -0.15) is 13.2 Å². The van der Waals surface area contributed by atoms with Gasteiger partial charge in [0.25, 0.3) is 5.91 Å². The molecule has 3 rings (SSSR count). The number of nitrogens with zero attached hydrogens (tertiary/aromatic N) is 1. The van der Waals surface area contributed by atoms with E-state index >= 15 is 0 Å². The van der Waals surface area contributed by atoms with Crippen molar-refractivity contribution in [3.8, 4) is 11.5 Å². The lowest BCUT2D eigenvalue weighted by molar-refractivity contribution is -0.150. The highest BCUT2D eigenvalue weighted by molar-refractivity contribution is 5.97. The Morgan fingerprint density at radius 1 is 1.10 bits per heavy atom. The summed E-state index contributed by atoms with van der Waals surface area (Å²) in [5, 5.41) is 12.6. The number of hydrogen-bond donors (Lipinski definition) is 2. The number of nitrogens with one attached hydrogen (secondary N) is 1. The quantitative estimate of drug-likeness (QED) is 0.165. The Balaban J connectivity index is 1.75. The lowest BCUT2D eigenvalue weighted by Gasteiger charge is -2.28. The van der Waals surface area contributed by atoms with Crippen molar-refractivity contribution in [3.63, 3.8) is 0 Å². The van der Waals surface area contributed by atoms with Gasteiger partial charge >= 0.3 is 12.1 Å². The van der Waals surface area contributed by atoms with Gasteiger partial charge in [0.15, 0.2) is 17.2 Å². The third-order valence-corrected chi connectivity index (χ3v) is 6.48. The Hall–Kier alpha value is -4.41. The van der Waals surface area contributed by atoms with Crippen LogP contribution < -0.4 is 10.1 Å². The van der Waals surface area contributed by atoms with Crippen molar-refractivity contribution >= 4 is 11.9 Å². The van der Waals surface area contributed by atoms with E-state index < -0.39 is 59.2 Å². The van der Waals surface area contributed by atoms with Crippen LogP contribution in [0.1, 0.15) is 53.4 Å². The van der Waals surface area contributed by atoms with Crippen molar-refractivity contribution < 1.29 is 41.7 Å². The van der Waals surface area contributed by atoms with Gasteiger partial charge < -0.3 is 19.9 Å². The van der Waals surface area contributed by atoms with Crippen molar-refractivity contribution in [1.82, 2.24) is 10.3 Å². The van der Waals surface area contributed by atoms with E-state index in [4.69, 9.17) is 9.47 Å². The number of carbonyl (C=O) groups is 2. The Bertz CT molecular complexity index is 1380. The average Bonchev–Trinajstić information content (AvgIpc) is 2.92. The lowest BCUT2D eigenvalue weighted by atomic mass is 9.78. The third kappa shape index (κ3) is 7.84. The monoisotopic (exact) mass is 574 g/mol. The molecule has 2 aromatic carbocycles. The molecule has 11 heteroatoms. The molecule has 3 aromatic rings. The van der Waals surface area contributed by atoms with Gasteiger partial charge in [-0.05, 0) is 61.6 Å². The summed E-state index contributed by atoms with van der Waals surface area (Å²) in [7, 11) is 1.31. The minimum absolute atomic E-state index is 0.0327. The summed E-state index contributed by atoms with van der Waals surface area (Å²) in [5.41, 5.74) is -0.138. The number of pyridine rings is 1. The van der Waals surface area contributed by atoms with E-state index in [-0.39, 0.29) is 17.9 Å². The molecule has 1 aromatic heterocycles. The molecule has 0 spiro atoms. The fourth-order valence-corrected chi connectivity index (χ4v) is 4.46. The highest BCUT2D eigenvalue weighted by Crippen LogP contribution is 2.38. The van der Waals surface area contributed by atoms with Gasteiger partial charge in [-0.25, -0.2) is 14.2 Å². The maximum absolute atomic E-state index is 14.1. The Morgan fingerprint density at radius 3 is 2.37 bits per heavy atom. The largest absolute Gasteiger partial charge is 0.503 e. The van der Waals surface area contributed by atoms with Crippen LogP contribution in [0.5, 0.6) is 11.5 Å². The Morgan fingerprint density at radius 2 is 1.78 bits per heavy atom. The number of esters is 1. The number of alkyl halides is 3. The number of aromatic hydroxyl groups is 1. The molecule has 218 valence electrons. The molecule has 7 nitrogen and oxygen atoms in total. The molecule has 1 heterocycles. The number of carbonyl (C=O) groups excluding carboxylic acids is 2. The van der Waals surface area contributed by atoms with Crippen molar-refractivity contribution in [2.24, 2.45) is 5.92 Å². The Kier molecular flexibility index (Phi) is 10.1. The van der Waals surface area contributed by atoms with Crippen molar-refractivity contribution in [3.05, 3.63) is 102 Å². The lowest BCUT2D eigenvalue weighted by Crippen LogP contribution is -2.41. The highest BCUT2D eigenvalue weighted by atomic mass is 19.4. The number of benzene rings is 2. The second kappa shape index (κ2) is 13.3. The molecule has 0 aliphatic heterocycles. The molecule has 0 radical (unpaired) electrons. The minimum atomic E-state index is -4.51. The van der Waals surface area contributed by atoms with Crippen LogP contribution in [-0.4, -0.2) is 41.2 Å². The maximum Gasteiger partial charge on any atom is 0.416 e. The fraction of sp³-hybridized carbons (Fsp3) is 0.300. The van der Waals surface area contributed by atoms with E-state index in [2.05, 4.69) is 16.9 Å². The number of amides is 1. The summed E-state index contributed by atoms with van der Waals surface area (Å²) >= 11 is 0. The van der Waals surface area contributed by atoms with Crippen molar-refractivity contribution in [2.75, 3.05) is 7.11 Å². The van der Waals surface area contributed by atoms with Gasteiger partial charge in [0.1, 0.15) is 11.9 Å². The zero-order chi connectivity index (χ0) is 30.3. The summed E-state index contributed by atoms with van der Waals surface area (Å²) in [5.74, 6) is -3.62. The number of halogens is 4. The molecule has 0 aliphatic rings. The second-order valence-electron chi connectivity index (χ2n) is 9.44. The first-order valence-electron chi connectivity index (χ1n) is 12.6. The molecule has 1 amide bonds. The summed E-state index contributed by atoms with van der Waals surface area (Å²) in [6, 6.07) is 10.6. The minimum Gasteiger partial charge on any atom is -0.503 e. The zero-order valence-electron chi connectivity index (χ0n) is 22.6. The summed E-state index contributed by atoms with van der Waals surface area (Å²) in [6.45, 7) is 6.88. The zero-order valence-corrected chi connectivity index (χ0v) is 22.6. The first kappa shape index (κ1) is 31.1. The van der Waals surface area contributed by atoms with Crippen LogP contribution in [0.2, 0.25) is 0 Å².